The molecule has 0 atom stereocenters. The molecule has 0 bridgehead atoms. The molecule has 15 heteroatoms. The number of hydrogen-bond donors (Lipinski definition) is 1. The minimum atomic E-state index is -4.66. The standard InChI is InChI=1S/C29H28F3N7O4S/c1-4-44(42,43)36-16-13-22(14-17-36)35-27(40)38-26(25-12-15-34-39(25)23-10-8-21(33-3)9-11-23)19(2)37(28(38)41)24-7-5-6-20(18-24)29(30,31)32/h5-12,15,18,22H,4,13-14,16-17H2,1-2H3,(H,35,40). The third-order valence-electron chi connectivity index (χ3n) is 7.57. The number of aromatic nitrogens is 4. The van der Waals surface area contributed by atoms with Crippen LogP contribution in [0, 0.1) is 13.5 Å². The predicted octanol–water partition coefficient (Wildman–Crippen LogP) is 4.74. The summed E-state index contributed by atoms with van der Waals surface area (Å²) in [5.41, 5.74) is -0.428. The predicted molar refractivity (Wildman–Crippen MR) is 157 cm³/mol. The van der Waals surface area contributed by atoms with Crippen LogP contribution in [0.3, 0.4) is 0 Å². The summed E-state index contributed by atoms with van der Waals surface area (Å²) in [4.78, 5) is 31.1. The van der Waals surface area contributed by atoms with Crippen LogP contribution in [0.25, 0.3) is 27.6 Å². The maximum absolute atomic E-state index is 13.9. The molecule has 0 spiro atoms. The quantitative estimate of drug-likeness (QED) is 0.310. The van der Waals surface area contributed by atoms with Crippen LogP contribution < -0.4 is 11.0 Å². The molecule has 1 aliphatic heterocycles. The monoisotopic (exact) mass is 627 g/mol. The molecule has 5 rings (SSSR count). The molecule has 2 aromatic carbocycles. The first-order valence-corrected chi connectivity index (χ1v) is 15.3. The Kier molecular flexibility index (Phi) is 8.23. The van der Waals surface area contributed by atoms with Crippen molar-refractivity contribution in [2.45, 2.75) is 38.9 Å². The van der Waals surface area contributed by atoms with E-state index in [1.54, 1.807) is 37.3 Å². The minimum Gasteiger partial charge on any atom is -0.334 e. The van der Waals surface area contributed by atoms with E-state index in [-0.39, 0.29) is 35.9 Å². The Morgan fingerprint density at radius 3 is 2.39 bits per heavy atom. The van der Waals surface area contributed by atoms with E-state index in [4.69, 9.17) is 6.57 Å². The van der Waals surface area contributed by atoms with E-state index in [1.807, 2.05) is 0 Å². The molecule has 1 N–H and O–H groups in total. The maximum atomic E-state index is 13.9. The van der Waals surface area contributed by atoms with Gasteiger partial charge in [-0.15, -0.1) is 0 Å². The summed E-state index contributed by atoms with van der Waals surface area (Å²) >= 11 is 0. The molecular formula is C29H28F3N7O4S. The Hall–Kier alpha value is -4.68. The van der Waals surface area contributed by atoms with Crippen LogP contribution in [0.1, 0.15) is 31.0 Å². The molecule has 44 heavy (non-hydrogen) atoms. The summed E-state index contributed by atoms with van der Waals surface area (Å²) in [6.07, 6.45) is -2.58. The summed E-state index contributed by atoms with van der Waals surface area (Å²) < 4.78 is 70.0. The van der Waals surface area contributed by atoms with Crippen LogP contribution in [0.15, 0.2) is 65.6 Å². The number of hydrogen-bond acceptors (Lipinski definition) is 5. The van der Waals surface area contributed by atoms with Crippen molar-refractivity contribution >= 4 is 21.7 Å². The highest BCUT2D eigenvalue weighted by Crippen LogP contribution is 2.32. The molecule has 2 aromatic heterocycles. The topological polar surface area (TPSA) is 116 Å². The number of alkyl halides is 3. The van der Waals surface area contributed by atoms with Gasteiger partial charge in [-0.2, -0.15) is 18.3 Å². The molecule has 1 saturated heterocycles. The largest absolute Gasteiger partial charge is 0.416 e. The molecule has 11 nitrogen and oxygen atoms in total. The first-order chi connectivity index (χ1) is 20.9. The van der Waals surface area contributed by atoms with Crippen molar-refractivity contribution in [3.8, 4) is 22.8 Å². The zero-order chi connectivity index (χ0) is 31.8. The number of benzene rings is 2. The van der Waals surface area contributed by atoms with Crippen molar-refractivity contribution in [3.05, 3.63) is 94.0 Å². The normalized spacial score (nSPS) is 14.8. The van der Waals surface area contributed by atoms with Gasteiger partial charge in [0.1, 0.15) is 5.69 Å². The molecule has 0 unspecified atom stereocenters. The molecule has 1 fully saturated rings. The number of nitrogens with one attached hydrogen (secondary N) is 1. The van der Waals surface area contributed by atoms with E-state index < -0.39 is 39.5 Å². The van der Waals surface area contributed by atoms with Gasteiger partial charge in [0.25, 0.3) is 0 Å². The fraction of sp³-hybridized carbons (Fsp3) is 0.310. The molecule has 0 aliphatic carbocycles. The van der Waals surface area contributed by atoms with Crippen LogP contribution in [-0.4, -0.2) is 62.6 Å². The fourth-order valence-electron chi connectivity index (χ4n) is 5.28. The number of imidazole rings is 1. The van der Waals surface area contributed by atoms with Gasteiger partial charge in [0.2, 0.25) is 10.0 Å². The first kappa shape index (κ1) is 30.8. The van der Waals surface area contributed by atoms with Gasteiger partial charge in [-0.25, -0.2) is 36.4 Å². The van der Waals surface area contributed by atoms with Gasteiger partial charge >= 0.3 is 17.9 Å². The van der Waals surface area contributed by atoms with Crippen LogP contribution >= 0.6 is 0 Å². The van der Waals surface area contributed by atoms with Crippen molar-refractivity contribution in [1.29, 1.82) is 0 Å². The number of amides is 1. The van der Waals surface area contributed by atoms with Crippen LogP contribution in [-0.2, 0) is 16.2 Å². The average Bonchev–Trinajstić information content (AvgIpc) is 3.58. The summed E-state index contributed by atoms with van der Waals surface area (Å²) in [6.45, 7) is 10.7. The lowest BCUT2D eigenvalue weighted by molar-refractivity contribution is -0.137. The number of carbonyl (C=O) groups excluding carboxylic acids is 1. The zero-order valence-electron chi connectivity index (χ0n) is 23.7. The summed E-state index contributed by atoms with van der Waals surface area (Å²) in [7, 11) is -3.40. The highest BCUT2D eigenvalue weighted by molar-refractivity contribution is 7.89. The number of piperidine rings is 1. The van der Waals surface area contributed by atoms with Crippen molar-refractivity contribution in [2.75, 3.05) is 18.8 Å². The SMILES string of the molecule is [C-]#[N+]c1ccc(-n2nccc2-c2c(C)n(-c3cccc(C(F)(F)F)c3)c(=O)n2C(=O)NC2CCN(S(=O)(=O)CC)CC2)cc1. The maximum Gasteiger partial charge on any atom is 0.416 e. The lowest BCUT2D eigenvalue weighted by Crippen LogP contribution is -2.49. The smallest absolute Gasteiger partial charge is 0.334 e. The second-order valence-electron chi connectivity index (χ2n) is 10.2. The summed E-state index contributed by atoms with van der Waals surface area (Å²) in [6, 6.07) is 11.0. The van der Waals surface area contributed by atoms with Gasteiger partial charge in [0.15, 0.2) is 5.69 Å². The Balaban J connectivity index is 1.60. The number of halogens is 3. The van der Waals surface area contributed by atoms with E-state index in [2.05, 4.69) is 15.3 Å². The molecule has 1 amide bonds. The molecule has 1 aliphatic rings. The van der Waals surface area contributed by atoms with Crippen molar-refractivity contribution in [3.63, 3.8) is 0 Å². The highest BCUT2D eigenvalue weighted by atomic mass is 32.2. The van der Waals surface area contributed by atoms with Gasteiger partial charge in [-0.05, 0) is 63.1 Å². The second-order valence-corrected chi connectivity index (χ2v) is 12.5. The van der Waals surface area contributed by atoms with Crippen LogP contribution in [0.2, 0.25) is 0 Å². The Morgan fingerprint density at radius 1 is 1.09 bits per heavy atom. The molecule has 0 saturated carbocycles. The third-order valence-corrected chi connectivity index (χ3v) is 9.45. The van der Waals surface area contributed by atoms with Gasteiger partial charge in [-0.1, -0.05) is 18.2 Å². The number of sulfonamides is 1. The van der Waals surface area contributed by atoms with E-state index >= 15 is 0 Å². The van der Waals surface area contributed by atoms with Crippen LogP contribution in [0.4, 0.5) is 23.7 Å². The minimum absolute atomic E-state index is 0.0423. The van der Waals surface area contributed by atoms with Crippen LogP contribution in [0.5, 0.6) is 0 Å². The van der Waals surface area contributed by atoms with Gasteiger partial charge in [-0.3, -0.25) is 4.57 Å². The van der Waals surface area contributed by atoms with E-state index in [0.29, 0.717) is 29.9 Å². The summed E-state index contributed by atoms with van der Waals surface area (Å²) in [5, 5.41) is 7.16. The van der Waals surface area contributed by atoms with Gasteiger partial charge in [0.05, 0.1) is 46.8 Å². The van der Waals surface area contributed by atoms with Crippen molar-refractivity contribution < 1.29 is 26.4 Å². The Morgan fingerprint density at radius 2 is 1.77 bits per heavy atom. The van der Waals surface area contributed by atoms with Crippen molar-refractivity contribution in [1.82, 2.24) is 28.5 Å². The van der Waals surface area contributed by atoms with E-state index in [9.17, 15) is 31.2 Å². The lowest BCUT2D eigenvalue weighted by Gasteiger charge is -2.31. The first-order valence-electron chi connectivity index (χ1n) is 13.7. The molecule has 0 radical (unpaired) electrons. The van der Waals surface area contributed by atoms with Gasteiger partial charge < -0.3 is 5.32 Å². The second kappa shape index (κ2) is 11.8. The molecule has 4 aromatic rings. The third kappa shape index (κ3) is 5.78. The number of rotatable bonds is 6. The number of carbonyl (C=O) groups is 1. The van der Waals surface area contributed by atoms with E-state index in [0.717, 1.165) is 21.3 Å². The molecular weight excluding hydrogens is 599 g/mol. The number of nitrogens with zero attached hydrogens (tertiary/aromatic N) is 6. The zero-order valence-corrected chi connectivity index (χ0v) is 24.6. The Bertz CT molecular complexity index is 1910. The summed E-state index contributed by atoms with van der Waals surface area (Å²) in [5.74, 6) is -0.0423. The highest BCUT2D eigenvalue weighted by Gasteiger charge is 2.33. The average molecular weight is 628 g/mol. The molecule has 230 valence electrons. The Labute approximate surface area is 251 Å². The van der Waals surface area contributed by atoms with Crippen molar-refractivity contribution in [2.24, 2.45) is 0 Å². The molecule has 3 heterocycles. The lowest BCUT2D eigenvalue weighted by atomic mass is 10.1. The van der Waals surface area contributed by atoms with E-state index in [1.165, 1.54) is 34.2 Å². The van der Waals surface area contributed by atoms with Gasteiger partial charge in [0, 0.05) is 19.1 Å². The fourth-order valence-corrected chi connectivity index (χ4v) is 6.41.